The quantitative estimate of drug-likeness (QED) is 0.916. The lowest BCUT2D eigenvalue weighted by atomic mass is 10.1. The predicted octanol–water partition coefficient (Wildman–Crippen LogP) is 2.78. The summed E-state index contributed by atoms with van der Waals surface area (Å²) in [5, 5.41) is 5.43. The van der Waals surface area contributed by atoms with E-state index in [-0.39, 0.29) is 0 Å². The van der Waals surface area contributed by atoms with E-state index in [4.69, 9.17) is 4.74 Å². The molecule has 1 unspecified atom stereocenters. The molecule has 1 atom stereocenters. The molecule has 0 radical (unpaired) electrons. The van der Waals surface area contributed by atoms with Crippen molar-refractivity contribution in [3.63, 3.8) is 0 Å². The summed E-state index contributed by atoms with van der Waals surface area (Å²) < 4.78 is 7.02. The summed E-state index contributed by atoms with van der Waals surface area (Å²) in [4.78, 5) is 0. The van der Waals surface area contributed by atoms with E-state index in [2.05, 4.69) is 32.7 Å². The molecule has 2 nitrogen and oxygen atoms in total. The first kappa shape index (κ1) is 10.6. The maximum atomic E-state index is 5.82. The van der Waals surface area contributed by atoms with Crippen LogP contribution in [0.5, 0.6) is 0 Å². The molecule has 2 heterocycles. The number of nitrogens with one attached hydrogen (secondary N) is 1. The van der Waals surface area contributed by atoms with Crippen molar-refractivity contribution in [3.05, 3.63) is 20.8 Å². The second-order valence-electron chi connectivity index (χ2n) is 3.50. The van der Waals surface area contributed by atoms with Gasteiger partial charge in [-0.15, -0.1) is 11.3 Å². The molecule has 0 aliphatic carbocycles. The van der Waals surface area contributed by atoms with Crippen molar-refractivity contribution in [2.75, 3.05) is 13.1 Å². The maximum Gasteiger partial charge on any atom is 0.0753 e. The van der Waals surface area contributed by atoms with Gasteiger partial charge in [0.2, 0.25) is 0 Å². The van der Waals surface area contributed by atoms with Crippen molar-refractivity contribution in [3.8, 4) is 0 Å². The van der Waals surface area contributed by atoms with Crippen LogP contribution in [0, 0.1) is 0 Å². The van der Waals surface area contributed by atoms with Gasteiger partial charge in [-0.05, 0) is 46.8 Å². The van der Waals surface area contributed by atoms with Gasteiger partial charge in [0.1, 0.15) is 0 Å². The van der Waals surface area contributed by atoms with E-state index in [0.717, 1.165) is 19.7 Å². The first-order valence-corrected chi connectivity index (χ1v) is 6.58. The van der Waals surface area contributed by atoms with Crippen molar-refractivity contribution in [1.29, 1.82) is 0 Å². The van der Waals surface area contributed by atoms with Gasteiger partial charge in [-0.2, -0.15) is 0 Å². The Labute approximate surface area is 96.8 Å². The van der Waals surface area contributed by atoms with Crippen LogP contribution in [0.1, 0.15) is 18.4 Å². The Balaban J connectivity index is 1.79. The summed E-state index contributed by atoms with van der Waals surface area (Å²) in [5.74, 6) is 0. The molecule has 78 valence electrons. The van der Waals surface area contributed by atoms with Crippen LogP contribution >= 0.6 is 27.3 Å². The molecule has 0 amide bonds. The molecule has 14 heavy (non-hydrogen) atoms. The minimum Gasteiger partial charge on any atom is -0.372 e. The average Bonchev–Trinajstić information content (AvgIpc) is 2.63. The molecule has 4 heteroatoms. The van der Waals surface area contributed by atoms with Gasteiger partial charge in [0.15, 0.2) is 0 Å². The van der Waals surface area contributed by atoms with Crippen LogP contribution in [0.3, 0.4) is 0 Å². The molecule has 0 spiro atoms. The molecule has 1 aliphatic rings. The summed E-state index contributed by atoms with van der Waals surface area (Å²) in [6.45, 7) is 2.88. The Kier molecular flexibility index (Phi) is 3.99. The number of ether oxygens (including phenoxy) is 1. The number of piperidine rings is 1. The number of rotatable bonds is 3. The van der Waals surface area contributed by atoms with E-state index in [9.17, 15) is 0 Å². The largest absolute Gasteiger partial charge is 0.372 e. The monoisotopic (exact) mass is 275 g/mol. The minimum atomic E-state index is 0.399. The Morgan fingerprint density at radius 3 is 3.21 bits per heavy atom. The molecule has 1 fully saturated rings. The van der Waals surface area contributed by atoms with Crippen molar-refractivity contribution in [2.45, 2.75) is 25.6 Å². The highest BCUT2D eigenvalue weighted by molar-refractivity contribution is 9.11. The molecular formula is C10H14BrNOS. The molecule has 1 aliphatic heterocycles. The Morgan fingerprint density at radius 1 is 1.64 bits per heavy atom. The third-order valence-corrected chi connectivity index (χ3v) is 4.23. The van der Waals surface area contributed by atoms with Gasteiger partial charge in [0, 0.05) is 12.1 Å². The Morgan fingerprint density at radius 2 is 2.57 bits per heavy atom. The van der Waals surface area contributed by atoms with Gasteiger partial charge in [-0.25, -0.2) is 0 Å². The summed E-state index contributed by atoms with van der Waals surface area (Å²) in [7, 11) is 0. The van der Waals surface area contributed by atoms with E-state index < -0.39 is 0 Å². The zero-order chi connectivity index (χ0) is 9.80. The minimum absolute atomic E-state index is 0.399. The van der Waals surface area contributed by atoms with Gasteiger partial charge < -0.3 is 10.1 Å². The van der Waals surface area contributed by atoms with Crippen LogP contribution < -0.4 is 5.32 Å². The fraction of sp³-hybridized carbons (Fsp3) is 0.600. The smallest absolute Gasteiger partial charge is 0.0753 e. The number of hydrogen-bond acceptors (Lipinski definition) is 3. The van der Waals surface area contributed by atoms with Crippen LogP contribution in [0.4, 0.5) is 0 Å². The molecule has 1 aromatic rings. The SMILES string of the molecule is Brc1sccc1COC1CCCNC1. The van der Waals surface area contributed by atoms with Gasteiger partial charge >= 0.3 is 0 Å². The molecular weight excluding hydrogens is 262 g/mol. The highest BCUT2D eigenvalue weighted by atomic mass is 79.9. The second kappa shape index (κ2) is 5.26. The van der Waals surface area contributed by atoms with Crippen LogP contribution in [-0.2, 0) is 11.3 Å². The van der Waals surface area contributed by atoms with Gasteiger partial charge in [-0.1, -0.05) is 0 Å². The standard InChI is InChI=1S/C10H14BrNOS/c11-10-8(3-5-14-10)7-13-9-2-1-4-12-6-9/h3,5,9,12H,1-2,4,6-7H2. The van der Waals surface area contributed by atoms with Crippen molar-refractivity contribution in [2.24, 2.45) is 0 Å². The van der Waals surface area contributed by atoms with Crippen molar-refractivity contribution < 1.29 is 4.74 Å². The Bertz CT molecular complexity index is 283. The third kappa shape index (κ3) is 2.79. The molecule has 1 N–H and O–H groups in total. The first-order chi connectivity index (χ1) is 6.86. The topological polar surface area (TPSA) is 21.3 Å². The second-order valence-corrected chi connectivity index (χ2v) is 5.73. The molecule has 2 rings (SSSR count). The zero-order valence-electron chi connectivity index (χ0n) is 7.96. The van der Waals surface area contributed by atoms with E-state index in [1.807, 2.05) is 0 Å². The molecule has 0 bridgehead atoms. The molecule has 0 aromatic carbocycles. The van der Waals surface area contributed by atoms with E-state index in [1.165, 1.54) is 22.2 Å². The van der Waals surface area contributed by atoms with Crippen LogP contribution in [0.2, 0.25) is 0 Å². The fourth-order valence-corrected chi connectivity index (χ4v) is 2.79. The van der Waals surface area contributed by atoms with Crippen LogP contribution in [-0.4, -0.2) is 19.2 Å². The fourth-order valence-electron chi connectivity index (χ4n) is 1.59. The van der Waals surface area contributed by atoms with Crippen molar-refractivity contribution >= 4 is 27.3 Å². The summed E-state index contributed by atoms with van der Waals surface area (Å²) in [5.41, 5.74) is 1.26. The Hall–Kier alpha value is 0.1000. The number of hydrogen-bond donors (Lipinski definition) is 1. The average molecular weight is 276 g/mol. The maximum absolute atomic E-state index is 5.82. The van der Waals surface area contributed by atoms with Gasteiger partial charge in [0.05, 0.1) is 16.5 Å². The zero-order valence-corrected chi connectivity index (χ0v) is 10.4. The molecule has 1 aromatic heterocycles. The van der Waals surface area contributed by atoms with Gasteiger partial charge in [0.25, 0.3) is 0 Å². The lowest BCUT2D eigenvalue weighted by Gasteiger charge is -2.22. The normalized spacial score (nSPS) is 22.5. The first-order valence-electron chi connectivity index (χ1n) is 4.90. The van der Waals surface area contributed by atoms with Crippen molar-refractivity contribution in [1.82, 2.24) is 5.32 Å². The summed E-state index contributed by atoms with van der Waals surface area (Å²) >= 11 is 5.23. The predicted molar refractivity (Wildman–Crippen MR) is 62.7 cm³/mol. The summed E-state index contributed by atoms with van der Waals surface area (Å²) in [6, 6.07) is 2.12. The van der Waals surface area contributed by atoms with Gasteiger partial charge in [-0.3, -0.25) is 0 Å². The lowest BCUT2D eigenvalue weighted by Crippen LogP contribution is -2.35. The van der Waals surface area contributed by atoms with E-state index in [0.29, 0.717) is 6.10 Å². The van der Waals surface area contributed by atoms with Crippen LogP contribution in [0.15, 0.2) is 15.2 Å². The highest BCUT2D eigenvalue weighted by Crippen LogP contribution is 2.24. The van der Waals surface area contributed by atoms with Crippen LogP contribution in [0.25, 0.3) is 0 Å². The summed E-state index contributed by atoms with van der Waals surface area (Å²) in [6.07, 6.45) is 2.82. The molecule has 1 saturated heterocycles. The molecule has 0 saturated carbocycles. The number of halogens is 1. The van der Waals surface area contributed by atoms with E-state index in [1.54, 1.807) is 11.3 Å². The number of thiophene rings is 1. The third-order valence-electron chi connectivity index (χ3n) is 2.42. The lowest BCUT2D eigenvalue weighted by molar-refractivity contribution is 0.0252. The highest BCUT2D eigenvalue weighted by Gasteiger charge is 2.13. The van der Waals surface area contributed by atoms with E-state index >= 15 is 0 Å².